The molecule has 34 heavy (non-hydrogen) atoms. The number of alkyl halides is 1. The molecular formula is C24H49IO9. The maximum Gasteiger partial charge on any atom is 0.0701 e. The maximum absolute atomic E-state index is 5.54. The Morgan fingerprint density at radius 1 is 0.324 bits per heavy atom. The summed E-state index contributed by atoms with van der Waals surface area (Å²) in [5.74, 6) is 0. The standard InChI is InChI=1S/C24H49IO9/c1-2-26-9-10-28-13-14-30-17-18-32-21-22-34-24-23-33-20-19-31-16-15-29-12-11-27-8-6-4-3-5-7-25/h2-24H2,1H3. The third-order valence-electron chi connectivity index (χ3n) is 4.35. The van der Waals surface area contributed by atoms with Crippen LogP contribution in [-0.2, 0) is 42.6 Å². The monoisotopic (exact) mass is 608 g/mol. The smallest absolute Gasteiger partial charge is 0.0701 e. The maximum atomic E-state index is 5.54. The van der Waals surface area contributed by atoms with Gasteiger partial charge >= 0.3 is 0 Å². The summed E-state index contributed by atoms with van der Waals surface area (Å²) in [6, 6.07) is 0. The molecule has 0 aliphatic heterocycles. The van der Waals surface area contributed by atoms with Crippen molar-refractivity contribution in [3.63, 3.8) is 0 Å². The molecular weight excluding hydrogens is 559 g/mol. The van der Waals surface area contributed by atoms with E-state index in [1.165, 1.54) is 23.7 Å². The minimum absolute atomic E-state index is 0.542. The van der Waals surface area contributed by atoms with Crippen molar-refractivity contribution in [2.45, 2.75) is 32.6 Å². The minimum atomic E-state index is 0.542. The lowest BCUT2D eigenvalue weighted by atomic mass is 10.2. The van der Waals surface area contributed by atoms with Gasteiger partial charge in [-0.15, -0.1) is 0 Å². The van der Waals surface area contributed by atoms with Gasteiger partial charge in [0.25, 0.3) is 0 Å². The Labute approximate surface area is 220 Å². The highest BCUT2D eigenvalue weighted by Gasteiger charge is 1.95. The fourth-order valence-electron chi connectivity index (χ4n) is 2.56. The molecule has 0 rings (SSSR count). The highest BCUT2D eigenvalue weighted by Crippen LogP contribution is 2.02. The molecule has 0 aromatic heterocycles. The Morgan fingerprint density at radius 2 is 0.588 bits per heavy atom. The van der Waals surface area contributed by atoms with Crippen molar-refractivity contribution < 1.29 is 42.6 Å². The van der Waals surface area contributed by atoms with Crippen LogP contribution in [0.1, 0.15) is 32.6 Å². The van der Waals surface area contributed by atoms with E-state index in [1.54, 1.807) is 0 Å². The molecule has 0 aromatic rings. The summed E-state index contributed by atoms with van der Waals surface area (Å²) in [4.78, 5) is 0. The number of ether oxygens (including phenoxy) is 9. The molecule has 0 atom stereocenters. The summed E-state index contributed by atoms with van der Waals surface area (Å²) in [7, 11) is 0. The summed E-state index contributed by atoms with van der Waals surface area (Å²) in [6.45, 7) is 12.7. The van der Waals surface area contributed by atoms with Crippen molar-refractivity contribution in [2.75, 3.05) is 123 Å². The van der Waals surface area contributed by atoms with Gasteiger partial charge in [-0.1, -0.05) is 35.4 Å². The Balaban J connectivity index is 2.99. The van der Waals surface area contributed by atoms with Crippen LogP contribution in [0.2, 0.25) is 0 Å². The molecule has 0 saturated carbocycles. The first-order valence-electron chi connectivity index (χ1n) is 12.7. The van der Waals surface area contributed by atoms with Crippen molar-refractivity contribution in [1.82, 2.24) is 0 Å². The van der Waals surface area contributed by atoms with E-state index in [2.05, 4.69) is 22.6 Å². The predicted molar refractivity (Wildman–Crippen MR) is 140 cm³/mol. The van der Waals surface area contributed by atoms with Crippen LogP contribution in [0.3, 0.4) is 0 Å². The molecule has 0 fully saturated rings. The van der Waals surface area contributed by atoms with Gasteiger partial charge in [0.15, 0.2) is 0 Å². The molecule has 0 aromatic carbocycles. The van der Waals surface area contributed by atoms with E-state index in [9.17, 15) is 0 Å². The lowest BCUT2D eigenvalue weighted by Gasteiger charge is -2.08. The molecule has 0 amide bonds. The number of halogens is 1. The molecule has 0 spiro atoms. The second-order valence-corrected chi connectivity index (χ2v) is 8.28. The Kier molecular flexibility index (Phi) is 33.7. The van der Waals surface area contributed by atoms with Gasteiger partial charge in [0.1, 0.15) is 0 Å². The third-order valence-corrected chi connectivity index (χ3v) is 5.12. The fourth-order valence-corrected chi connectivity index (χ4v) is 3.10. The van der Waals surface area contributed by atoms with Crippen LogP contribution in [0, 0.1) is 0 Å². The van der Waals surface area contributed by atoms with E-state index < -0.39 is 0 Å². The van der Waals surface area contributed by atoms with Crippen molar-refractivity contribution >= 4 is 22.6 Å². The van der Waals surface area contributed by atoms with E-state index >= 15 is 0 Å². The average Bonchev–Trinajstić information content (AvgIpc) is 2.85. The van der Waals surface area contributed by atoms with Crippen LogP contribution in [0.5, 0.6) is 0 Å². The number of hydrogen-bond donors (Lipinski definition) is 0. The van der Waals surface area contributed by atoms with Crippen LogP contribution >= 0.6 is 22.6 Å². The number of rotatable bonds is 31. The largest absolute Gasteiger partial charge is 0.379 e. The van der Waals surface area contributed by atoms with Gasteiger partial charge in [-0.3, -0.25) is 0 Å². The van der Waals surface area contributed by atoms with Crippen LogP contribution in [0.15, 0.2) is 0 Å². The predicted octanol–water partition coefficient (Wildman–Crippen LogP) is 3.15. The highest BCUT2D eigenvalue weighted by atomic mass is 127. The molecule has 0 unspecified atom stereocenters. The van der Waals surface area contributed by atoms with E-state index in [4.69, 9.17) is 42.6 Å². The highest BCUT2D eigenvalue weighted by molar-refractivity contribution is 14.1. The van der Waals surface area contributed by atoms with Gasteiger partial charge in [0.2, 0.25) is 0 Å². The van der Waals surface area contributed by atoms with Gasteiger partial charge in [-0.25, -0.2) is 0 Å². The third kappa shape index (κ3) is 32.4. The molecule has 0 aliphatic carbocycles. The molecule has 0 bridgehead atoms. The molecule has 0 N–H and O–H groups in total. The van der Waals surface area contributed by atoms with E-state index in [0.29, 0.717) is 106 Å². The van der Waals surface area contributed by atoms with Crippen LogP contribution in [0.25, 0.3) is 0 Å². The quantitative estimate of drug-likeness (QED) is 0.0670. The molecule has 0 radical (unpaired) electrons. The van der Waals surface area contributed by atoms with E-state index in [0.717, 1.165) is 19.6 Å². The Hall–Kier alpha value is 0.370. The first-order valence-corrected chi connectivity index (χ1v) is 14.2. The summed E-state index contributed by atoms with van der Waals surface area (Å²) in [5, 5.41) is 0. The fraction of sp³-hybridized carbons (Fsp3) is 1.00. The average molecular weight is 609 g/mol. The Bertz CT molecular complexity index is 322. The molecule has 206 valence electrons. The first-order chi connectivity index (χ1) is 16.9. The van der Waals surface area contributed by atoms with Crippen molar-refractivity contribution in [2.24, 2.45) is 0 Å². The van der Waals surface area contributed by atoms with Gasteiger partial charge in [0.05, 0.1) is 106 Å². The Morgan fingerprint density at radius 3 is 0.882 bits per heavy atom. The number of unbranched alkanes of at least 4 members (excludes halogenated alkanes) is 3. The molecule has 0 heterocycles. The van der Waals surface area contributed by atoms with Crippen molar-refractivity contribution in [3.8, 4) is 0 Å². The zero-order valence-electron chi connectivity index (χ0n) is 21.3. The molecule has 9 nitrogen and oxygen atoms in total. The topological polar surface area (TPSA) is 83.1 Å². The SMILES string of the molecule is CCOCCOCCOCCOCCOCCOCCOCCOCCOCCCCCCI. The summed E-state index contributed by atoms with van der Waals surface area (Å²) >= 11 is 2.42. The van der Waals surface area contributed by atoms with Gasteiger partial charge in [0, 0.05) is 13.2 Å². The lowest BCUT2D eigenvalue weighted by molar-refractivity contribution is -0.0248. The first kappa shape index (κ1) is 34.4. The minimum Gasteiger partial charge on any atom is -0.379 e. The van der Waals surface area contributed by atoms with Crippen LogP contribution in [-0.4, -0.2) is 123 Å². The van der Waals surface area contributed by atoms with E-state index in [-0.39, 0.29) is 0 Å². The zero-order valence-corrected chi connectivity index (χ0v) is 23.5. The summed E-state index contributed by atoms with van der Waals surface area (Å²) < 4.78 is 50.0. The molecule has 0 saturated heterocycles. The van der Waals surface area contributed by atoms with Crippen LogP contribution < -0.4 is 0 Å². The summed E-state index contributed by atoms with van der Waals surface area (Å²) in [6.07, 6.45) is 5.00. The van der Waals surface area contributed by atoms with Gasteiger partial charge in [-0.05, 0) is 24.2 Å². The van der Waals surface area contributed by atoms with Crippen LogP contribution in [0.4, 0.5) is 0 Å². The number of hydrogen-bond acceptors (Lipinski definition) is 9. The zero-order chi connectivity index (χ0) is 24.6. The van der Waals surface area contributed by atoms with Crippen molar-refractivity contribution in [1.29, 1.82) is 0 Å². The normalized spacial score (nSPS) is 11.5. The molecule has 10 heteroatoms. The summed E-state index contributed by atoms with van der Waals surface area (Å²) in [5.41, 5.74) is 0. The second kappa shape index (κ2) is 33.4. The van der Waals surface area contributed by atoms with Gasteiger partial charge in [-0.2, -0.15) is 0 Å². The van der Waals surface area contributed by atoms with Crippen molar-refractivity contribution in [3.05, 3.63) is 0 Å². The van der Waals surface area contributed by atoms with E-state index in [1.807, 2.05) is 6.92 Å². The lowest BCUT2D eigenvalue weighted by Crippen LogP contribution is -2.15. The molecule has 0 aliphatic rings. The second-order valence-electron chi connectivity index (χ2n) is 7.20. The van der Waals surface area contributed by atoms with Gasteiger partial charge < -0.3 is 42.6 Å².